The van der Waals surface area contributed by atoms with Crippen LogP contribution in [0.4, 0.5) is 4.39 Å². The summed E-state index contributed by atoms with van der Waals surface area (Å²) in [5, 5.41) is 10.4. The highest BCUT2D eigenvalue weighted by atomic mass is 35.5. The monoisotopic (exact) mass is 242 g/mol. The first-order valence-corrected chi connectivity index (χ1v) is 5.68. The Morgan fingerprint density at radius 2 is 2.25 bits per heavy atom. The molecule has 86 valence electrons. The Hall–Kier alpha value is -1.06. The molecule has 0 saturated carbocycles. The van der Waals surface area contributed by atoms with Gasteiger partial charge in [0.2, 0.25) is 0 Å². The van der Waals surface area contributed by atoms with E-state index < -0.39 is 11.9 Å². The number of halogens is 2. The van der Waals surface area contributed by atoms with Gasteiger partial charge in [0.25, 0.3) is 0 Å². The highest BCUT2D eigenvalue weighted by Gasteiger charge is 2.14. The van der Waals surface area contributed by atoms with Crippen LogP contribution >= 0.6 is 11.6 Å². The third-order valence-electron chi connectivity index (χ3n) is 2.45. The fourth-order valence-corrected chi connectivity index (χ4v) is 1.78. The Balaban J connectivity index is 2.29. The molecule has 0 aliphatic heterocycles. The fourth-order valence-electron chi connectivity index (χ4n) is 1.62. The summed E-state index contributed by atoms with van der Waals surface area (Å²) < 4.78 is 18.6. The molecule has 1 atom stereocenters. The number of alkyl halides is 1. The van der Waals surface area contributed by atoms with Gasteiger partial charge in [0.15, 0.2) is 11.4 Å². The molecule has 16 heavy (non-hydrogen) atoms. The molecule has 1 aromatic carbocycles. The molecule has 1 heterocycles. The van der Waals surface area contributed by atoms with Gasteiger partial charge in [0, 0.05) is 11.3 Å². The fraction of sp³-hybridized carbons (Fsp3) is 0.333. The standard InChI is InChI=1S/C12H12ClFO2/c13-6-2-5-10(15)11-7-8-3-1-4-9(14)12(8)16-11/h1,3-4,7,10,15H,2,5-6H2. The van der Waals surface area contributed by atoms with Crippen LogP contribution in [0.15, 0.2) is 28.7 Å². The van der Waals surface area contributed by atoms with Crippen molar-refractivity contribution < 1.29 is 13.9 Å². The van der Waals surface area contributed by atoms with Gasteiger partial charge in [-0.3, -0.25) is 0 Å². The third-order valence-corrected chi connectivity index (χ3v) is 2.72. The second-order valence-electron chi connectivity index (χ2n) is 3.65. The summed E-state index contributed by atoms with van der Waals surface area (Å²) in [6.07, 6.45) is 0.498. The van der Waals surface area contributed by atoms with E-state index in [4.69, 9.17) is 16.0 Å². The number of aliphatic hydroxyl groups excluding tert-OH is 1. The van der Waals surface area contributed by atoms with Gasteiger partial charge in [-0.15, -0.1) is 11.6 Å². The highest BCUT2D eigenvalue weighted by Crippen LogP contribution is 2.27. The Morgan fingerprint density at radius 3 is 2.94 bits per heavy atom. The van der Waals surface area contributed by atoms with E-state index in [9.17, 15) is 9.50 Å². The smallest absolute Gasteiger partial charge is 0.170 e. The predicted octanol–water partition coefficient (Wildman–Crippen LogP) is 3.62. The number of aliphatic hydroxyl groups is 1. The van der Waals surface area contributed by atoms with Crippen LogP contribution in [-0.4, -0.2) is 11.0 Å². The normalized spacial score (nSPS) is 13.2. The Bertz CT molecular complexity index is 481. The first-order chi connectivity index (χ1) is 7.72. The van der Waals surface area contributed by atoms with Crippen LogP contribution in [0.3, 0.4) is 0 Å². The number of hydrogen-bond acceptors (Lipinski definition) is 2. The molecular formula is C12H12ClFO2. The van der Waals surface area contributed by atoms with Crippen LogP contribution in [-0.2, 0) is 0 Å². The minimum absolute atomic E-state index is 0.197. The zero-order valence-corrected chi connectivity index (χ0v) is 9.38. The minimum atomic E-state index is -0.717. The molecule has 0 radical (unpaired) electrons. The second-order valence-corrected chi connectivity index (χ2v) is 4.03. The van der Waals surface area contributed by atoms with Gasteiger partial charge in [0.05, 0.1) is 0 Å². The van der Waals surface area contributed by atoms with Crippen molar-refractivity contribution in [2.45, 2.75) is 18.9 Å². The summed E-state index contributed by atoms with van der Waals surface area (Å²) in [6, 6.07) is 6.36. The quantitative estimate of drug-likeness (QED) is 0.831. The maximum Gasteiger partial charge on any atom is 0.170 e. The maximum atomic E-state index is 13.3. The van der Waals surface area contributed by atoms with Gasteiger partial charge in [-0.05, 0) is 25.0 Å². The van der Waals surface area contributed by atoms with E-state index in [0.29, 0.717) is 29.9 Å². The number of furan rings is 1. The van der Waals surface area contributed by atoms with Crippen LogP contribution in [0, 0.1) is 5.82 Å². The van der Waals surface area contributed by atoms with Gasteiger partial charge in [-0.2, -0.15) is 0 Å². The molecule has 2 rings (SSSR count). The Kier molecular flexibility index (Phi) is 3.46. The van der Waals surface area contributed by atoms with Crippen molar-refractivity contribution in [2.24, 2.45) is 0 Å². The molecular weight excluding hydrogens is 231 g/mol. The molecule has 0 aliphatic rings. The molecule has 1 unspecified atom stereocenters. The van der Waals surface area contributed by atoms with Gasteiger partial charge < -0.3 is 9.52 Å². The van der Waals surface area contributed by atoms with Crippen molar-refractivity contribution >= 4 is 22.6 Å². The summed E-state index contributed by atoms with van der Waals surface area (Å²) in [5.41, 5.74) is 0.197. The molecule has 0 fully saturated rings. The van der Waals surface area contributed by atoms with E-state index in [1.165, 1.54) is 6.07 Å². The number of fused-ring (bicyclic) bond motifs is 1. The van der Waals surface area contributed by atoms with Crippen molar-refractivity contribution in [3.8, 4) is 0 Å². The predicted molar refractivity (Wildman–Crippen MR) is 61.1 cm³/mol. The molecule has 2 nitrogen and oxygen atoms in total. The molecule has 2 aromatic rings. The van der Waals surface area contributed by atoms with E-state index in [-0.39, 0.29) is 5.58 Å². The van der Waals surface area contributed by atoms with Gasteiger partial charge >= 0.3 is 0 Å². The lowest BCUT2D eigenvalue weighted by molar-refractivity contribution is 0.141. The lowest BCUT2D eigenvalue weighted by Crippen LogP contribution is -1.95. The Labute approximate surface area is 97.6 Å². The van der Waals surface area contributed by atoms with Crippen molar-refractivity contribution in [1.29, 1.82) is 0 Å². The molecule has 0 saturated heterocycles. The summed E-state index contributed by atoms with van der Waals surface area (Å²) in [5.74, 6) is 0.476. The van der Waals surface area contributed by atoms with E-state index in [1.54, 1.807) is 18.2 Å². The van der Waals surface area contributed by atoms with Crippen molar-refractivity contribution in [3.05, 3.63) is 35.8 Å². The maximum absolute atomic E-state index is 13.3. The average Bonchev–Trinajstić information content (AvgIpc) is 2.71. The number of hydrogen-bond donors (Lipinski definition) is 1. The molecule has 0 aliphatic carbocycles. The topological polar surface area (TPSA) is 33.4 Å². The minimum Gasteiger partial charge on any atom is -0.455 e. The van der Waals surface area contributed by atoms with Crippen LogP contribution in [0.1, 0.15) is 24.7 Å². The van der Waals surface area contributed by atoms with Crippen molar-refractivity contribution in [3.63, 3.8) is 0 Å². The molecule has 4 heteroatoms. The summed E-state index contributed by atoms with van der Waals surface area (Å²) >= 11 is 5.54. The van der Waals surface area contributed by atoms with Crippen LogP contribution < -0.4 is 0 Å². The van der Waals surface area contributed by atoms with E-state index in [2.05, 4.69) is 0 Å². The molecule has 1 N–H and O–H groups in total. The summed E-state index contributed by atoms with van der Waals surface area (Å²) in [6.45, 7) is 0. The first kappa shape index (κ1) is 11.4. The average molecular weight is 243 g/mol. The van der Waals surface area contributed by atoms with E-state index in [1.807, 2.05) is 0 Å². The van der Waals surface area contributed by atoms with Crippen molar-refractivity contribution in [1.82, 2.24) is 0 Å². The van der Waals surface area contributed by atoms with E-state index >= 15 is 0 Å². The van der Waals surface area contributed by atoms with Crippen LogP contribution in [0.5, 0.6) is 0 Å². The SMILES string of the molecule is OC(CCCCl)c1cc2cccc(F)c2o1. The zero-order chi connectivity index (χ0) is 11.5. The largest absolute Gasteiger partial charge is 0.455 e. The van der Waals surface area contributed by atoms with Gasteiger partial charge in [-0.1, -0.05) is 12.1 Å². The summed E-state index contributed by atoms with van der Waals surface area (Å²) in [4.78, 5) is 0. The highest BCUT2D eigenvalue weighted by molar-refractivity contribution is 6.17. The Morgan fingerprint density at radius 1 is 1.44 bits per heavy atom. The summed E-state index contributed by atoms with van der Waals surface area (Å²) in [7, 11) is 0. The molecule has 0 amide bonds. The number of rotatable bonds is 4. The molecule has 0 bridgehead atoms. The first-order valence-electron chi connectivity index (χ1n) is 5.14. The van der Waals surface area contributed by atoms with Crippen LogP contribution in [0.2, 0.25) is 0 Å². The van der Waals surface area contributed by atoms with E-state index in [0.717, 1.165) is 0 Å². The molecule has 0 spiro atoms. The zero-order valence-electron chi connectivity index (χ0n) is 8.62. The second kappa shape index (κ2) is 4.85. The number of para-hydroxylation sites is 1. The number of benzene rings is 1. The van der Waals surface area contributed by atoms with Gasteiger partial charge in [-0.25, -0.2) is 4.39 Å². The lowest BCUT2D eigenvalue weighted by atomic mass is 10.1. The van der Waals surface area contributed by atoms with Crippen LogP contribution in [0.25, 0.3) is 11.0 Å². The molecule has 1 aromatic heterocycles. The third kappa shape index (κ3) is 2.20. The van der Waals surface area contributed by atoms with Gasteiger partial charge in [0.1, 0.15) is 11.9 Å². The lowest BCUT2D eigenvalue weighted by Gasteiger charge is -2.04. The van der Waals surface area contributed by atoms with Crippen molar-refractivity contribution in [2.75, 3.05) is 5.88 Å².